The van der Waals surface area contributed by atoms with E-state index < -0.39 is 79.1 Å². The first-order chi connectivity index (χ1) is 17.7. The number of hydrogen-bond donors (Lipinski definition) is 8. The third kappa shape index (κ3) is 11.7. The Kier molecular flexibility index (Phi) is 12.7. The zero-order valence-corrected chi connectivity index (χ0v) is 21.0. The van der Waals surface area contributed by atoms with E-state index in [4.69, 9.17) is 10.8 Å². The molecule has 9 N–H and O–H groups in total. The predicted octanol–water partition coefficient (Wildman–Crippen LogP) is -0.813. The molecule has 0 unspecified atom stereocenters. The summed E-state index contributed by atoms with van der Waals surface area (Å²) in [4.78, 5) is 72.2. The Morgan fingerprint density at radius 3 is 1.82 bits per heavy atom. The Balaban J connectivity index is 3.17. The molecule has 0 aliphatic carbocycles. The Morgan fingerprint density at radius 2 is 1.32 bits per heavy atom. The lowest BCUT2D eigenvalue weighted by Crippen LogP contribution is -2.58. The zero-order valence-electron chi connectivity index (χ0n) is 21.0. The summed E-state index contributed by atoms with van der Waals surface area (Å²) in [5.41, 5.74) is 6.26. The van der Waals surface area contributed by atoms with Gasteiger partial charge in [-0.2, -0.15) is 0 Å². The summed E-state index contributed by atoms with van der Waals surface area (Å²) in [5, 5.41) is 43.8. The number of nitrogens with one attached hydrogen (secondary N) is 3. The molecule has 0 aliphatic heterocycles. The van der Waals surface area contributed by atoms with Crippen LogP contribution in [-0.2, 0) is 35.2 Å². The first-order valence-corrected chi connectivity index (χ1v) is 11.8. The van der Waals surface area contributed by atoms with Gasteiger partial charge in [0.25, 0.3) is 0 Å². The SMILES string of the molecule is CC(C)C[C@H](N)C(=O)N[C@@H](CC(=O)O)C(=O)N[C@@H](Cc1ccc(O)cc1)C(=O)N[C@@H](CCC(=O)O)C(=O)O. The predicted molar refractivity (Wildman–Crippen MR) is 132 cm³/mol. The number of aromatic hydroxyl groups is 1. The summed E-state index contributed by atoms with van der Waals surface area (Å²) < 4.78 is 0. The molecule has 1 rings (SSSR count). The topological polar surface area (TPSA) is 245 Å². The van der Waals surface area contributed by atoms with Crippen molar-refractivity contribution in [3.63, 3.8) is 0 Å². The highest BCUT2D eigenvalue weighted by atomic mass is 16.4. The molecule has 14 nitrogen and oxygen atoms in total. The van der Waals surface area contributed by atoms with Crippen LogP contribution in [0.5, 0.6) is 5.75 Å². The van der Waals surface area contributed by atoms with E-state index >= 15 is 0 Å². The monoisotopic (exact) mass is 538 g/mol. The molecule has 3 amide bonds. The number of benzene rings is 1. The van der Waals surface area contributed by atoms with Gasteiger partial charge in [0, 0.05) is 12.8 Å². The maximum Gasteiger partial charge on any atom is 0.326 e. The molecule has 0 aliphatic rings. The highest BCUT2D eigenvalue weighted by Crippen LogP contribution is 2.12. The summed E-state index contributed by atoms with van der Waals surface area (Å²) in [6, 6.07) is -0.107. The third-order valence-corrected chi connectivity index (χ3v) is 5.34. The quantitative estimate of drug-likeness (QED) is 0.129. The average Bonchev–Trinajstić information content (AvgIpc) is 2.80. The molecule has 4 atom stereocenters. The fourth-order valence-electron chi connectivity index (χ4n) is 3.42. The fourth-order valence-corrected chi connectivity index (χ4v) is 3.42. The normalized spacial score (nSPS) is 14.0. The molecule has 14 heteroatoms. The van der Waals surface area contributed by atoms with Crippen LogP contribution in [-0.4, -0.2) is 80.2 Å². The highest BCUT2D eigenvalue weighted by molar-refractivity contribution is 5.95. The van der Waals surface area contributed by atoms with Gasteiger partial charge in [0.15, 0.2) is 0 Å². The van der Waals surface area contributed by atoms with Crippen molar-refractivity contribution in [3.8, 4) is 5.75 Å². The van der Waals surface area contributed by atoms with Crippen LogP contribution in [0.1, 0.15) is 45.1 Å². The van der Waals surface area contributed by atoms with Gasteiger partial charge >= 0.3 is 17.9 Å². The minimum absolute atomic E-state index is 0.0455. The van der Waals surface area contributed by atoms with Crippen LogP contribution < -0.4 is 21.7 Å². The summed E-state index contributed by atoms with van der Waals surface area (Å²) in [5.74, 6) is -6.99. The number of nitrogens with two attached hydrogens (primary N) is 1. The number of hydrogen-bond acceptors (Lipinski definition) is 8. The second kappa shape index (κ2) is 15.1. The van der Waals surface area contributed by atoms with Gasteiger partial charge in [-0.05, 0) is 36.5 Å². The van der Waals surface area contributed by atoms with Gasteiger partial charge in [0.05, 0.1) is 12.5 Å². The number of amides is 3. The van der Waals surface area contributed by atoms with Gasteiger partial charge in [-0.1, -0.05) is 26.0 Å². The van der Waals surface area contributed by atoms with Crippen LogP contribution >= 0.6 is 0 Å². The summed E-state index contributed by atoms with van der Waals surface area (Å²) >= 11 is 0. The first-order valence-electron chi connectivity index (χ1n) is 11.8. The third-order valence-electron chi connectivity index (χ3n) is 5.34. The van der Waals surface area contributed by atoms with Gasteiger partial charge in [0.1, 0.15) is 23.9 Å². The molecule has 0 bridgehead atoms. The van der Waals surface area contributed by atoms with Crippen LogP contribution in [0, 0.1) is 5.92 Å². The minimum atomic E-state index is -1.60. The largest absolute Gasteiger partial charge is 0.508 e. The van der Waals surface area contributed by atoms with Gasteiger partial charge in [-0.15, -0.1) is 0 Å². The van der Waals surface area contributed by atoms with Crippen molar-refractivity contribution >= 4 is 35.6 Å². The van der Waals surface area contributed by atoms with Crippen molar-refractivity contribution < 1.29 is 49.2 Å². The Hall–Kier alpha value is -4.20. The van der Waals surface area contributed by atoms with Crippen molar-refractivity contribution in [2.75, 3.05) is 0 Å². The summed E-state index contributed by atoms with van der Waals surface area (Å²) in [6.45, 7) is 3.64. The van der Waals surface area contributed by atoms with Crippen LogP contribution in [0.15, 0.2) is 24.3 Å². The number of phenols is 1. The van der Waals surface area contributed by atoms with Crippen molar-refractivity contribution in [3.05, 3.63) is 29.8 Å². The fraction of sp³-hybridized carbons (Fsp3) is 0.500. The van der Waals surface area contributed by atoms with Crippen LogP contribution in [0.4, 0.5) is 0 Å². The summed E-state index contributed by atoms with van der Waals surface area (Å²) in [7, 11) is 0. The highest BCUT2D eigenvalue weighted by Gasteiger charge is 2.32. The lowest BCUT2D eigenvalue weighted by molar-refractivity contribution is -0.144. The number of carbonyl (C=O) groups excluding carboxylic acids is 3. The molecule has 210 valence electrons. The van der Waals surface area contributed by atoms with Gasteiger partial charge in [-0.3, -0.25) is 24.0 Å². The maximum absolute atomic E-state index is 13.0. The van der Waals surface area contributed by atoms with Crippen molar-refractivity contribution in [1.82, 2.24) is 16.0 Å². The summed E-state index contributed by atoms with van der Waals surface area (Å²) in [6.07, 6.45) is -1.73. The molecule has 0 heterocycles. The van der Waals surface area contributed by atoms with E-state index in [0.29, 0.717) is 5.56 Å². The first kappa shape index (κ1) is 31.8. The van der Waals surface area contributed by atoms with E-state index in [2.05, 4.69) is 16.0 Å². The molecule has 0 saturated heterocycles. The molecule has 0 spiro atoms. The van der Waals surface area contributed by atoms with Crippen molar-refractivity contribution in [2.24, 2.45) is 11.7 Å². The van der Waals surface area contributed by atoms with E-state index in [1.54, 1.807) is 0 Å². The average molecular weight is 539 g/mol. The van der Waals surface area contributed by atoms with E-state index in [9.17, 15) is 44.1 Å². The smallest absolute Gasteiger partial charge is 0.326 e. The van der Waals surface area contributed by atoms with Crippen LogP contribution in [0.3, 0.4) is 0 Å². The number of aliphatic carboxylic acids is 3. The van der Waals surface area contributed by atoms with Gasteiger partial charge < -0.3 is 42.1 Å². The zero-order chi connectivity index (χ0) is 29.0. The number of carbonyl (C=O) groups is 6. The van der Waals surface area contributed by atoms with E-state index in [1.807, 2.05) is 13.8 Å². The lowest BCUT2D eigenvalue weighted by Gasteiger charge is -2.25. The van der Waals surface area contributed by atoms with E-state index in [-0.39, 0.29) is 24.5 Å². The number of phenolic OH excluding ortho intramolecular Hbond substituents is 1. The second-order valence-electron chi connectivity index (χ2n) is 9.16. The van der Waals surface area contributed by atoms with E-state index in [1.165, 1.54) is 24.3 Å². The van der Waals surface area contributed by atoms with E-state index in [0.717, 1.165) is 0 Å². The molecule has 0 fully saturated rings. The molecule has 38 heavy (non-hydrogen) atoms. The number of carboxylic acid groups (broad SMARTS) is 3. The van der Waals surface area contributed by atoms with Gasteiger partial charge in [0.2, 0.25) is 17.7 Å². The Bertz CT molecular complexity index is 1010. The molecule has 0 saturated carbocycles. The molecular formula is C24H34N4O10. The maximum atomic E-state index is 13.0. The Morgan fingerprint density at radius 1 is 0.789 bits per heavy atom. The number of rotatable bonds is 16. The lowest BCUT2D eigenvalue weighted by atomic mass is 10.0. The van der Waals surface area contributed by atoms with Crippen LogP contribution in [0.25, 0.3) is 0 Å². The molecule has 1 aromatic carbocycles. The molecular weight excluding hydrogens is 504 g/mol. The number of carboxylic acids is 3. The van der Waals surface area contributed by atoms with Crippen LogP contribution in [0.2, 0.25) is 0 Å². The molecule has 1 aromatic rings. The van der Waals surface area contributed by atoms with Crippen molar-refractivity contribution in [2.45, 2.75) is 70.1 Å². The standard InChI is InChI=1S/C24H34N4O10/c1-12(2)9-15(25)21(34)27-18(11-20(32)33)23(36)28-17(10-13-3-5-14(29)6-4-13)22(35)26-16(24(37)38)7-8-19(30)31/h3-6,12,15-18,29H,7-11,25H2,1-2H3,(H,26,35)(H,27,34)(H,28,36)(H,30,31)(H,32,33)(H,37,38)/t15-,16-,17-,18-/m0/s1. The minimum Gasteiger partial charge on any atom is -0.508 e. The second-order valence-corrected chi connectivity index (χ2v) is 9.16. The van der Waals surface area contributed by atoms with Crippen molar-refractivity contribution in [1.29, 1.82) is 0 Å². The molecule has 0 aromatic heterocycles. The van der Waals surface area contributed by atoms with Gasteiger partial charge in [-0.25, -0.2) is 4.79 Å². The Labute approximate surface area is 218 Å². The molecule has 0 radical (unpaired) electrons.